The third-order valence-corrected chi connectivity index (χ3v) is 2.36. The molecule has 0 amide bonds. The number of benzene rings is 1. The summed E-state index contributed by atoms with van der Waals surface area (Å²) in [6.45, 7) is 0.804. The summed E-state index contributed by atoms with van der Waals surface area (Å²) < 4.78 is 26.0. The van der Waals surface area contributed by atoms with Gasteiger partial charge in [-0.25, -0.2) is 13.6 Å². The molecule has 5 heteroatoms. The number of hydrogen-bond donors (Lipinski definition) is 2. The van der Waals surface area contributed by atoms with E-state index in [1.165, 1.54) is 24.3 Å². The van der Waals surface area contributed by atoms with Crippen LogP contribution in [-0.2, 0) is 5.92 Å². The van der Waals surface area contributed by atoms with Gasteiger partial charge in [0.05, 0.1) is 0 Å². The molecule has 0 saturated carbocycles. The lowest BCUT2D eigenvalue weighted by Gasteiger charge is -2.09. The van der Waals surface area contributed by atoms with Crippen LogP contribution in [0.4, 0.5) is 8.78 Å². The second-order valence-corrected chi connectivity index (χ2v) is 3.68. The summed E-state index contributed by atoms with van der Waals surface area (Å²) >= 11 is 0. The van der Waals surface area contributed by atoms with E-state index in [4.69, 9.17) is 5.11 Å². The van der Waals surface area contributed by atoms with Crippen LogP contribution in [-0.4, -0.2) is 16.1 Å². The molecule has 84 valence electrons. The number of carboxylic acids is 1. The van der Waals surface area contributed by atoms with Gasteiger partial charge in [-0.3, -0.25) is 0 Å². The first kappa shape index (κ1) is 10.6. The van der Waals surface area contributed by atoms with Gasteiger partial charge in [0.2, 0.25) is 0 Å². The van der Waals surface area contributed by atoms with Gasteiger partial charge in [-0.2, -0.15) is 0 Å². The lowest BCUT2D eigenvalue weighted by molar-refractivity contribution is 0.0176. The van der Waals surface area contributed by atoms with E-state index in [0.29, 0.717) is 10.9 Å². The molecular weight excluding hydrogens is 216 g/mol. The van der Waals surface area contributed by atoms with Gasteiger partial charge in [-0.15, -0.1) is 0 Å². The highest BCUT2D eigenvalue weighted by atomic mass is 19.3. The smallest absolute Gasteiger partial charge is 0.352 e. The van der Waals surface area contributed by atoms with E-state index in [-0.39, 0.29) is 11.3 Å². The molecular formula is C11H9F2NO2. The van der Waals surface area contributed by atoms with E-state index < -0.39 is 11.9 Å². The minimum atomic E-state index is -2.92. The van der Waals surface area contributed by atoms with E-state index in [1.807, 2.05) is 0 Å². The average molecular weight is 225 g/mol. The topological polar surface area (TPSA) is 53.1 Å². The summed E-state index contributed by atoms with van der Waals surface area (Å²) in [5.41, 5.74) is 0.396. The Morgan fingerprint density at radius 2 is 2.06 bits per heavy atom. The Kier molecular flexibility index (Phi) is 2.18. The van der Waals surface area contributed by atoms with Crippen LogP contribution in [0, 0.1) is 0 Å². The zero-order valence-electron chi connectivity index (χ0n) is 8.42. The number of fused-ring (bicyclic) bond motifs is 1. The quantitative estimate of drug-likeness (QED) is 0.825. The molecule has 0 aliphatic carbocycles. The summed E-state index contributed by atoms with van der Waals surface area (Å²) in [6, 6.07) is 5.37. The predicted octanol–water partition coefficient (Wildman–Crippen LogP) is 2.98. The van der Waals surface area contributed by atoms with E-state index in [0.717, 1.165) is 6.92 Å². The number of H-pyrrole nitrogens is 1. The van der Waals surface area contributed by atoms with Gasteiger partial charge in [0.1, 0.15) is 5.69 Å². The second-order valence-electron chi connectivity index (χ2n) is 3.68. The zero-order valence-corrected chi connectivity index (χ0v) is 8.42. The molecule has 0 spiro atoms. The highest BCUT2D eigenvalue weighted by Crippen LogP contribution is 2.29. The van der Waals surface area contributed by atoms with Crippen LogP contribution < -0.4 is 0 Å². The molecule has 0 saturated heterocycles. The molecule has 16 heavy (non-hydrogen) atoms. The molecule has 0 radical (unpaired) electrons. The normalized spacial score (nSPS) is 11.9. The molecule has 0 bridgehead atoms. The van der Waals surface area contributed by atoms with E-state index in [2.05, 4.69) is 4.98 Å². The first-order chi connectivity index (χ1) is 7.38. The largest absolute Gasteiger partial charge is 0.477 e. The number of hydrogen-bond acceptors (Lipinski definition) is 1. The summed E-state index contributed by atoms with van der Waals surface area (Å²) in [7, 11) is 0. The SMILES string of the molecule is CC(F)(F)c1ccc2[nH]c(C(=O)O)cc2c1. The molecule has 0 atom stereocenters. The minimum absolute atomic E-state index is 0.00781. The number of aromatic nitrogens is 1. The highest BCUT2D eigenvalue weighted by Gasteiger charge is 2.24. The van der Waals surface area contributed by atoms with Crippen LogP contribution in [0.25, 0.3) is 10.9 Å². The average Bonchev–Trinajstić information content (AvgIpc) is 2.58. The maximum absolute atomic E-state index is 13.0. The first-order valence-corrected chi connectivity index (χ1v) is 4.62. The molecule has 2 aromatic rings. The number of aromatic amines is 1. The molecule has 1 heterocycles. The van der Waals surface area contributed by atoms with Gasteiger partial charge in [-0.1, -0.05) is 6.07 Å². The summed E-state index contributed by atoms with van der Waals surface area (Å²) in [6.07, 6.45) is 0. The molecule has 1 aromatic carbocycles. The van der Waals surface area contributed by atoms with Gasteiger partial charge in [-0.05, 0) is 18.2 Å². The van der Waals surface area contributed by atoms with Crippen molar-refractivity contribution in [3.63, 3.8) is 0 Å². The summed E-state index contributed by atoms with van der Waals surface area (Å²) in [5.74, 6) is -4.03. The van der Waals surface area contributed by atoms with Crippen molar-refractivity contribution in [1.29, 1.82) is 0 Å². The van der Waals surface area contributed by atoms with Crippen molar-refractivity contribution in [2.45, 2.75) is 12.8 Å². The van der Waals surface area contributed by atoms with Gasteiger partial charge in [0, 0.05) is 23.4 Å². The van der Waals surface area contributed by atoms with Crippen molar-refractivity contribution in [3.05, 3.63) is 35.5 Å². The fourth-order valence-electron chi connectivity index (χ4n) is 1.52. The standard InChI is InChI=1S/C11H9F2NO2/c1-11(12,13)7-2-3-8-6(4-7)5-9(14-8)10(15)16/h2-5,14H,1H3,(H,15,16). The number of halogens is 2. The van der Waals surface area contributed by atoms with Crippen LogP contribution in [0.15, 0.2) is 24.3 Å². The van der Waals surface area contributed by atoms with Gasteiger partial charge in [0.25, 0.3) is 5.92 Å². The number of nitrogens with one attached hydrogen (secondary N) is 1. The monoisotopic (exact) mass is 225 g/mol. The first-order valence-electron chi connectivity index (χ1n) is 4.62. The number of rotatable bonds is 2. The molecule has 2 rings (SSSR count). The van der Waals surface area contributed by atoms with Crippen LogP contribution in [0.3, 0.4) is 0 Å². The van der Waals surface area contributed by atoms with Crippen molar-refractivity contribution >= 4 is 16.9 Å². The van der Waals surface area contributed by atoms with E-state index >= 15 is 0 Å². The molecule has 0 aliphatic rings. The zero-order chi connectivity index (χ0) is 11.9. The van der Waals surface area contributed by atoms with Crippen molar-refractivity contribution in [3.8, 4) is 0 Å². The number of carboxylic acid groups (broad SMARTS) is 1. The van der Waals surface area contributed by atoms with Crippen LogP contribution in [0.2, 0.25) is 0 Å². The molecule has 3 nitrogen and oxygen atoms in total. The Balaban J connectivity index is 2.58. The Hall–Kier alpha value is -1.91. The molecule has 0 fully saturated rings. The van der Waals surface area contributed by atoms with Gasteiger partial charge < -0.3 is 10.1 Å². The number of alkyl halides is 2. The molecule has 0 unspecified atom stereocenters. The Morgan fingerprint density at radius 1 is 1.38 bits per heavy atom. The van der Waals surface area contributed by atoms with E-state index in [9.17, 15) is 13.6 Å². The molecule has 1 aromatic heterocycles. The summed E-state index contributed by atoms with van der Waals surface area (Å²) in [5, 5.41) is 9.20. The molecule has 0 aliphatic heterocycles. The fourth-order valence-corrected chi connectivity index (χ4v) is 1.52. The van der Waals surface area contributed by atoms with Crippen molar-refractivity contribution in [2.24, 2.45) is 0 Å². The third-order valence-electron chi connectivity index (χ3n) is 2.36. The van der Waals surface area contributed by atoms with Crippen molar-refractivity contribution in [2.75, 3.05) is 0 Å². The second kappa shape index (κ2) is 3.30. The fraction of sp³-hybridized carbons (Fsp3) is 0.182. The van der Waals surface area contributed by atoms with Crippen LogP contribution in [0.5, 0.6) is 0 Å². The van der Waals surface area contributed by atoms with Crippen LogP contribution >= 0.6 is 0 Å². The van der Waals surface area contributed by atoms with E-state index in [1.54, 1.807) is 0 Å². The van der Waals surface area contributed by atoms with Crippen molar-refractivity contribution in [1.82, 2.24) is 4.98 Å². The molecule has 2 N–H and O–H groups in total. The minimum Gasteiger partial charge on any atom is -0.477 e. The summed E-state index contributed by atoms with van der Waals surface area (Å²) in [4.78, 5) is 13.3. The lowest BCUT2D eigenvalue weighted by Crippen LogP contribution is -2.06. The Labute approximate surface area is 89.7 Å². The lowest BCUT2D eigenvalue weighted by atomic mass is 10.1. The van der Waals surface area contributed by atoms with Gasteiger partial charge >= 0.3 is 5.97 Å². The number of carbonyl (C=O) groups is 1. The Bertz CT molecular complexity index is 555. The predicted molar refractivity (Wildman–Crippen MR) is 54.8 cm³/mol. The van der Waals surface area contributed by atoms with Crippen LogP contribution in [0.1, 0.15) is 23.0 Å². The Morgan fingerprint density at radius 3 is 2.62 bits per heavy atom. The van der Waals surface area contributed by atoms with Crippen molar-refractivity contribution < 1.29 is 18.7 Å². The third kappa shape index (κ3) is 1.76. The highest BCUT2D eigenvalue weighted by molar-refractivity contribution is 5.93. The van der Waals surface area contributed by atoms with Gasteiger partial charge in [0.15, 0.2) is 0 Å². The number of aromatic carboxylic acids is 1. The maximum atomic E-state index is 13.0. The maximum Gasteiger partial charge on any atom is 0.352 e.